The van der Waals surface area contributed by atoms with Crippen LogP contribution >= 0.6 is 0 Å². The van der Waals surface area contributed by atoms with Gasteiger partial charge in [0.15, 0.2) is 0 Å². The van der Waals surface area contributed by atoms with E-state index in [-0.39, 0.29) is 24.2 Å². The molecular weight excluding hydrogens is 264 g/mol. The molecule has 0 aromatic heterocycles. The van der Waals surface area contributed by atoms with E-state index in [4.69, 9.17) is 4.74 Å². The lowest BCUT2D eigenvalue weighted by Gasteiger charge is -2.21. The zero-order valence-corrected chi connectivity index (χ0v) is 13.2. The van der Waals surface area contributed by atoms with Crippen LogP contribution in [0.4, 0.5) is 0 Å². The molecule has 4 heteroatoms. The van der Waals surface area contributed by atoms with Crippen LogP contribution in [0.15, 0.2) is 30.3 Å². The first-order chi connectivity index (χ1) is 10.1. The lowest BCUT2D eigenvalue weighted by molar-refractivity contribution is -0.130. The van der Waals surface area contributed by atoms with E-state index in [1.165, 1.54) is 5.56 Å². The van der Waals surface area contributed by atoms with Crippen LogP contribution in [0.1, 0.15) is 32.8 Å². The zero-order chi connectivity index (χ0) is 15.2. The number of hydrogen-bond acceptors (Lipinski definition) is 3. The monoisotopic (exact) mass is 290 g/mol. The van der Waals surface area contributed by atoms with Gasteiger partial charge in [0.25, 0.3) is 0 Å². The number of ether oxygens (including phenoxy) is 1. The molecule has 0 radical (unpaired) electrons. The highest BCUT2D eigenvalue weighted by atomic mass is 16.5. The average Bonchev–Trinajstić information content (AvgIpc) is 2.73. The molecule has 0 aliphatic carbocycles. The van der Waals surface area contributed by atoms with Gasteiger partial charge in [-0.1, -0.05) is 30.3 Å². The molecule has 1 heterocycles. The number of rotatable bonds is 7. The second-order valence-electron chi connectivity index (χ2n) is 5.87. The third kappa shape index (κ3) is 4.55. The van der Waals surface area contributed by atoms with Gasteiger partial charge in [0, 0.05) is 6.54 Å². The van der Waals surface area contributed by atoms with Crippen molar-refractivity contribution in [3.8, 4) is 0 Å². The smallest absolute Gasteiger partial charge is 0.241 e. The fourth-order valence-corrected chi connectivity index (χ4v) is 2.70. The van der Waals surface area contributed by atoms with E-state index in [2.05, 4.69) is 17.4 Å². The Labute approximate surface area is 127 Å². The Bertz CT molecular complexity index is 447. The molecule has 4 nitrogen and oxygen atoms in total. The molecule has 1 N–H and O–H groups in total. The minimum atomic E-state index is -0.0701. The van der Waals surface area contributed by atoms with Crippen molar-refractivity contribution in [2.24, 2.45) is 0 Å². The first-order valence-electron chi connectivity index (χ1n) is 7.80. The van der Waals surface area contributed by atoms with Crippen LogP contribution in [-0.2, 0) is 16.0 Å². The largest absolute Gasteiger partial charge is 0.377 e. The molecule has 0 spiro atoms. The predicted octanol–water partition coefficient (Wildman–Crippen LogP) is 2.19. The van der Waals surface area contributed by atoms with Crippen molar-refractivity contribution in [1.82, 2.24) is 10.2 Å². The Morgan fingerprint density at radius 3 is 2.67 bits per heavy atom. The molecule has 1 aliphatic heterocycles. The standard InChI is InChI=1S/C17H26N2O2/c1-13(2)21-12-11-19-14(3)18-16(17(19)20)10-9-15-7-5-4-6-8-15/h4-8,13-14,16,18H,9-12H2,1-3H3. The first-order valence-corrected chi connectivity index (χ1v) is 7.80. The van der Waals surface area contributed by atoms with Crippen LogP contribution in [0.3, 0.4) is 0 Å². The van der Waals surface area contributed by atoms with Gasteiger partial charge in [-0.25, -0.2) is 0 Å². The molecule has 2 rings (SSSR count). The molecule has 1 aromatic carbocycles. The Morgan fingerprint density at radius 2 is 2.00 bits per heavy atom. The maximum Gasteiger partial charge on any atom is 0.241 e. The molecule has 0 bridgehead atoms. The van der Waals surface area contributed by atoms with Crippen LogP contribution in [0.5, 0.6) is 0 Å². The Kier molecular flexibility index (Phi) is 5.76. The molecule has 116 valence electrons. The molecule has 1 saturated heterocycles. The van der Waals surface area contributed by atoms with Gasteiger partial charge >= 0.3 is 0 Å². The minimum absolute atomic E-state index is 0.0701. The van der Waals surface area contributed by atoms with Crippen LogP contribution < -0.4 is 5.32 Å². The third-order valence-electron chi connectivity index (χ3n) is 3.84. The van der Waals surface area contributed by atoms with Crippen molar-refractivity contribution in [1.29, 1.82) is 0 Å². The maximum atomic E-state index is 12.4. The number of nitrogens with zero attached hydrogens (tertiary/aromatic N) is 1. The van der Waals surface area contributed by atoms with Crippen molar-refractivity contribution in [2.75, 3.05) is 13.2 Å². The van der Waals surface area contributed by atoms with E-state index in [0.29, 0.717) is 13.2 Å². The summed E-state index contributed by atoms with van der Waals surface area (Å²) in [5, 5.41) is 3.38. The fraction of sp³-hybridized carbons (Fsp3) is 0.588. The van der Waals surface area contributed by atoms with Gasteiger partial charge < -0.3 is 9.64 Å². The molecule has 1 fully saturated rings. The first kappa shape index (κ1) is 16.0. The fourth-order valence-electron chi connectivity index (χ4n) is 2.70. The van der Waals surface area contributed by atoms with E-state index in [1.807, 2.05) is 43.9 Å². The number of carbonyl (C=O) groups is 1. The summed E-state index contributed by atoms with van der Waals surface area (Å²) in [5.74, 6) is 0.200. The van der Waals surface area contributed by atoms with E-state index in [1.54, 1.807) is 0 Å². The third-order valence-corrected chi connectivity index (χ3v) is 3.84. The van der Waals surface area contributed by atoms with Gasteiger partial charge in [-0.15, -0.1) is 0 Å². The molecule has 2 atom stereocenters. The Morgan fingerprint density at radius 1 is 1.29 bits per heavy atom. The van der Waals surface area contributed by atoms with Crippen LogP contribution in [0.25, 0.3) is 0 Å². The van der Waals surface area contributed by atoms with Gasteiger partial charge in [0.2, 0.25) is 5.91 Å². The van der Waals surface area contributed by atoms with Crippen LogP contribution in [0.2, 0.25) is 0 Å². The molecule has 21 heavy (non-hydrogen) atoms. The number of aryl methyl sites for hydroxylation is 1. The van der Waals surface area contributed by atoms with Gasteiger partial charge in [-0.05, 0) is 39.2 Å². The second-order valence-corrected chi connectivity index (χ2v) is 5.87. The molecular formula is C17H26N2O2. The normalized spacial score (nSPS) is 22.3. The molecule has 0 saturated carbocycles. The van der Waals surface area contributed by atoms with Gasteiger partial charge in [0.1, 0.15) is 0 Å². The highest BCUT2D eigenvalue weighted by Crippen LogP contribution is 2.15. The molecule has 1 amide bonds. The summed E-state index contributed by atoms with van der Waals surface area (Å²) in [7, 11) is 0. The number of amides is 1. The van der Waals surface area contributed by atoms with Crippen molar-refractivity contribution >= 4 is 5.91 Å². The molecule has 2 unspecified atom stereocenters. The SMILES string of the molecule is CC(C)OCCN1C(=O)C(CCc2ccccc2)NC1C. The van der Waals surface area contributed by atoms with E-state index < -0.39 is 0 Å². The van der Waals surface area contributed by atoms with Gasteiger partial charge in [-0.3, -0.25) is 10.1 Å². The summed E-state index contributed by atoms with van der Waals surface area (Å²) in [5.41, 5.74) is 1.28. The van der Waals surface area contributed by atoms with E-state index >= 15 is 0 Å². The lowest BCUT2D eigenvalue weighted by Crippen LogP contribution is -2.37. The van der Waals surface area contributed by atoms with E-state index in [9.17, 15) is 4.79 Å². The highest BCUT2D eigenvalue weighted by molar-refractivity contribution is 5.84. The van der Waals surface area contributed by atoms with Gasteiger partial charge in [-0.2, -0.15) is 0 Å². The summed E-state index contributed by atoms with van der Waals surface area (Å²) in [6, 6.07) is 10.2. The number of benzene rings is 1. The molecule has 1 aliphatic rings. The quantitative estimate of drug-likeness (QED) is 0.837. The van der Waals surface area contributed by atoms with Crippen molar-refractivity contribution in [3.05, 3.63) is 35.9 Å². The average molecular weight is 290 g/mol. The number of carbonyl (C=O) groups excluding carboxylic acids is 1. The van der Waals surface area contributed by atoms with Crippen molar-refractivity contribution < 1.29 is 9.53 Å². The topological polar surface area (TPSA) is 41.6 Å². The molecule has 1 aromatic rings. The second kappa shape index (κ2) is 7.57. The van der Waals surface area contributed by atoms with Crippen molar-refractivity contribution in [2.45, 2.75) is 51.9 Å². The van der Waals surface area contributed by atoms with Gasteiger partial charge in [0.05, 0.1) is 24.9 Å². The lowest BCUT2D eigenvalue weighted by atomic mass is 10.1. The predicted molar refractivity (Wildman–Crippen MR) is 83.9 cm³/mol. The number of hydrogen-bond donors (Lipinski definition) is 1. The summed E-state index contributed by atoms with van der Waals surface area (Å²) >= 11 is 0. The highest BCUT2D eigenvalue weighted by Gasteiger charge is 2.35. The summed E-state index contributed by atoms with van der Waals surface area (Å²) in [4.78, 5) is 14.3. The maximum absolute atomic E-state index is 12.4. The number of nitrogens with one attached hydrogen (secondary N) is 1. The minimum Gasteiger partial charge on any atom is -0.377 e. The van der Waals surface area contributed by atoms with E-state index in [0.717, 1.165) is 12.8 Å². The van der Waals surface area contributed by atoms with Crippen LogP contribution in [-0.4, -0.2) is 42.3 Å². The summed E-state index contributed by atoms with van der Waals surface area (Å²) < 4.78 is 5.54. The Balaban J connectivity index is 1.81. The zero-order valence-electron chi connectivity index (χ0n) is 13.2. The summed E-state index contributed by atoms with van der Waals surface area (Å²) in [6.07, 6.45) is 2.07. The van der Waals surface area contributed by atoms with Crippen molar-refractivity contribution in [3.63, 3.8) is 0 Å². The van der Waals surface area contributed by atoms with Crippen LogP contribution in [0, 0.1) is 0 Å². The Hall–Kier alpha value is -1.39. The summed E-state index contributed by atoms with van der Waals surface area (Å²) in [6.45, 7) is 7.32.